The number of carbonyl (C=O) groups excluding carboxylic acids is 1. The predicted molar refractivity (Wildman–Crippen MR) is 110 cm³/mol. The van der Waals surface area contributed by atoms with Gasteiger partial charge in [-0.15, -0.1) is 6.58 Å². The SMILES string of the molecule is C=CCC1CCC(c2ccc(Cl)cc2)N(C(CC)CN2CCOCC2)C1=O. The van der Waals surface area contributed by atoms with Gasteiger partial charge in [0.05, 0.1) is 19.3 Å². The molecule has 2 fully saturated rings. The fraction of sp³-hybridized carbons (Fsp3) is 0.591. The standard InChI is InChI=1S/C22H31ClN2O2/c1-3-5-18-8-11-21(17-6-9-19(23)10-7-17)25(22(18)26)20(4-2)16-24-12-14-27-15-13-24/h3,6-7,9-10,18,20-21H,1,4-5,8,11-16H2,2H3. The van der Waals surface area contributed by atoms with Crippen LogP contribution in [0.15, 0.2) is 36.9 Å². The van der Waals surface area contributed by atoms with Gasteiger partial charge in [-0.3, -0.25) is 9.69 Å². The van der Waals surface area contributed by atoms with E-state index in [1.807, 2.05) is 18.2 Å². The molecule has 2 saturated heterocycles. The summed E-state index contributed by atoms with van der Waals surface area (Å²) < 4.78 is 5.49. The van der Waals surface area contributed by atoms with Gasteiger partial charge in [-0.2, -0.15) is 0 Å². The lowest BCUT2D eigenvalue weighted by Crippen LogP contribution is -2.53. The van der Waals surface area contributed by atoms with Crippen LogP contribution in [-0.4, -0.2) is 54.6 Å². The molecule has 5 heteroatoms. The van der Waals surface area contributed by atoms with Gasteiger partial charge in [0.2, 0.25) is 5.91 Å². The van der Waals surface area contributed by atoms with Crippen LogP contribution in [0, 0.1) is 5.92 Å². The number of morpholine rings is 1. The van der Waals surface area contributed by atoms with Crippen molar-refractivity contribution in [3.63, 3.8) is 0 Å². The van der Waals surface area contributed by atoms with Gasteiger partial charge in [-0.25, -0.2) is 0 Å². The van der Waals surface area contributed by atoms with Crippen LogP contribution in [0.25, 0.3) is 0 Å². The number of hydrogen-bond donors (Lipinski definition) is 0. The molecule has 0 N–H and O–H groups in total. The van der Waals surface area contributed by atoms with Crippen molar-refractivity contribution in [2.24, 2.45) is 5.92 Å². The first-order valence-electron chi connectivity index (χ1n) is 10.1. The maximum Gasteiger partial charge on any atom is 0.226 e. The van der Waals surface area contributed by atoms with Gasteiger partial charge in [0, 0.05) is 36.6 Å². The van der Waals surface area contributed by atoms with E-state index in [0.29, 0.717) is 0 Å². The lowest BCUT2D eigenvalue weighted by molar-refractivity contribution is -0.146. The van der Waals surface area contributed by atoms with Gasteiger partial charge in [0.15, 0.2) is 0 Å². The zero-order valence-corrected chi connectivity index (χ0v) is 17.0. The molecule has 148 valence electrons. The van der Waals surface area contributed by atoms with Crippen molar-refractivity contribution in [2.75, 3.05) is 32.8 Å². The summed E-state index contributed by atoms with van der Waals surface area (Å²) >= 11 is 6.09. The number of likely N-dealkylation sites (tertiary alicyclic amines) is 1. The van der Waals surface area contributed by atoms with Gasteiger partial charge >= 0.3 is 0 Å². The van der Waals surface area contributed by atoms with E-state index in [2.05, 4.69) is 35.4 Å². The molecule has 2 aliphatic heterocycles. The smallest absolute Gasteiger partial charge is 0.226 e. The highest BCUT2D eigenvalue weighted by Gasteiger charge is 2.39. The molecule has 3 atom stereocenters. The number of rotatable bonds is 7. The van der Waals surface area contributed by atoms with Crippen LogP contribution in [-0.2, 0) is 9.53 Å². The van der Waals surface area contributed by atoms with Crippen LogP contribution < -0.4 is 0 Å². The second kappa shape index (κ2) is 9.72. The minimum absolute atomic E-state index is 0.0600. The molecule has 2 heterocycles. The van der Waals surface area contributed by atoms with E-state index < -0.39 is 0 Å². The third kappa shape index (κ3) is 4.92. The van der Waals surface area contributed by atoms with Crippen molar-refractivity contribution in [3.8, 4) is 0 Å². The van der Waals surface area contributed by atoms with Crippen LogP contribution >= 0.6 is 11.6 Å². The van der Waals surface area contributed by atoms with E-state index in [9.17, 15) is 4.79 Å². The molecule has 0 saturated carbocycles. The highest BCUT2D eigenvalue weighted by molar-refractivity contribution is 6.30. The Morgan fingerprint density at radius 2 is 1.96 bits per heavy atom. The molecule has 27 heavy (non-hydrogen) atoms. The topological polar surface area (TPSA) is 32.8 Å². The zero-order valence-electron chi connectivity index (χ0n) is 16.3. The summed E-state index contributed by atoms with van der Waals surface area (Å²) in [7, 11) is 0. The van der Waals surface area contributed by atoms with Gasteiger partial charge in [-0.1, -0.05) is 36.7 Å². The Kier molecular flexibility index (Phi) is 7.33. The lowest BCUT2D eigenvalue weighted by Gasteiger charge is -2.45. The monoisotopic (exact) mass is 390 g/mol. The molecule has 0 bridgehead atoms. The first kappa shape index (κ1) is 20.4. The fourth-order valence-electron chi connectivity index (χ4n) is 4.35. The Bertz CT molecular complexity index is 628. The minimum atomic E-state index is 0.0600. The number of carbonyl (C=O) groups is 1. The maximum absolute atomic E-state index is 13.4. The first-order chi connectivity index (χ1) is 13.1. The molecule has 1 amide bonds. The Morgan fingerprint density at radius 3 is 2.59 bits per heavy atom. The van der Waals surface area contributed by atoms with Crippen molar-refractivity contribution >= 4 is 17.5 Å². The average molecular weight is 391 g/mol. The average Bonchev–Trinajstić information content (AvgIpc) is 2.69. The van der Waals surface area contributed by atoms with E-state index >= 15 is 0 Å². The second-order valence-corrected chi connectivity index (χ2v) is 8.02. The Morgan fingerprint density at radius 1 is 1.26 bits per heavy atom. The van der Waals surface area contributed by atoms with Gasteiger partial charge < -0.3 is 9.64 Å². The van der Waals surface area contributed by atoms with E-state index in [4.69, 9.17) is 16.3 Å². The third-order valence-electron chi connectivity index (χ3n) is 5.87. The zero-order chi connectivity index (χ0) is 19.2. The molecule has 0 aliphatic carbocycles. The molecule has 3 unspecified atom stereocenters. The second-order valence-electron chi connectivity index (χ2n) is 7.59. The largest absolute Gasteiger partial charge is 0.379 e. The summed E-state index contributed by atoms with van der Waals surface area (Å²) in [6.45, 7) is 10.4. The Balaban J connectivity index is 1.85. The summed E-state index contributed by atoms with van der Waals surface area (Å²) in [4.78, 5) is 18.0. The van der Waals surface area contributed by atoms with E-state index in [1.165, 1.54) is 5.56 Å². The quantitative estimate of drug-likeness (QED) is 0.650. The number of nitrogens with zero attached hydrogens (tertiary/aromatic N) is 2. The number of ether oxygens (including phenoxy) is 1. The molecule has 0 radical (unpaired) electrons. The summed E-state index contributed by atoms with van der Waals surface area (Å²) in [6, 6.07) is 8.34. The van der Waals surface area contributed by atoms with Crippen LogP contribution in [0.3, 0.4) is 0 Å². The van der Waals surface area contributed by atoms with Crippen LogP contribution in [0.2, 0.25) is 5.02 Å². The minimum Gasteiger partial charge on any atom is -0.379 e. The number of allylic oxidation sites excluding steroid dienone is 1. The Labute approximate surface area is 168 Å². The van der Waals surface area contributed by atoms with Crippen LogP contribution in [0.4, 0.5) is 0 Å². The molecular formula is C22H31ClN2O2. The van der Waals surface area contributed by atoms with Gasteiger partial charge in [-0.05, 0) is 43.4 Å². The molecule has 2 aliphatic rings. The summed E-state index contributed by atoms with van der Waals surface area (Å²) in [5.74, 6) is 0.339. The van der Waals surface area contributed by atoms with Crippen molar-refractivity contribution < 1.29 is 9.53 Å². The van der Waals surface area contributed by atoms with Gasteiger partial charge in [0.1, 0.15) is 0 Å². The summed E-state index contributed by atoms with van der Waals surface area (Å²) in [5.41, 5.74) is 1.19. The van der Waals surface area contributed by atoms with Crippen molar-refractivity contribution in [2.45, 2.75) is 44.7 Å². The molecule has 1 aromatic rings. The van der Waals surface area contributed by atoms with Crippen molar-refractivity contribution in [1.82, 2.24) is 9.80 Å². The van der Waals surface area contributed by atoms with Crippen molar-refractivity contribution in [3.05, 3.63) is 47.5 Å². The first-order valence-corrected chi connectivity index (χ1v) is 10.5. The number of hydrogen-bond acceptors (Lipinski definition) is 3. The number of amides is 1. The fourth-order valence-corrected chi connectivity index (χ4v) is 4.47. The molecule has 3 rings (SSSR count). The number of halogens is 1. The Hall–Kier alpha value is -1.36. The highest BCUT2D eigenvalue weighted by atomic mass is 35.5. The lowest BCUT2D eigenvalue weighted by atomic mass is 9.85. The van der Waals surface area contributed by atoms with E-state index in [-0.39, 0.29) is 23.9 Å². The molecule has 0 aromatic heterocycles. The summed E-state index contributed by atoms with van der Waals surface area (Å²) in [6.07, 6.45) is 5.51. The van der Waals surface area contributed by atoms with E-state index in [1.54, 1.807) is 0 Å². The molecular weight excluding hydrogens is 360 g/mol. The van der Waals surface area contributed by atoms with Crippen molar-refractivity contribution in [1.29, 1.82) is 0 Å². The number of benzene rings is 1. The highest BCUT2D eigenvalue weighted by Crippen LogP contribution is 2.38. The normalized spacial score (nSPS) is 25.4. The maximum atomic E-state index is 13.4. The molecule has 0 spiro atoms. The van der Waals surface area contributed by atoms with E-state index in [0.717, 1.165) is 63.6 Å². The summed E-state index contributed by atoms with van der Waals surface area (Å²) in [5, 5.41) is 0.734. The third-order valence-corrected chi connectivity index (χ3v) is 6.12. The van der Waals surface area contributed by atoms with Crippen LogP contribution in [0.5, 0.6) is 0 Å². The predicted octanol–water partition coefficient (Wildman–Crippen LogP) is 4.31. The number of piperidine rings is 1. The van der Waals surface area contributed by atoms with Gasteiger partial charge in [0.25, 0.3) is 0 Å². The molecule has 4 nitrogen and oxygen atoms in total. The van der Waals surface area contributed by atoms with Crippen LogP contribution in [0.1, 0.15) is 44.2 Å². The molecule has 1 aromatic carbocycles.